The van der Waals surface area contributed by atoms with Crippen LogP contribution in [0.3, 0.4) is 0 Å². The van der Waals surface area contributed by atoms with Gasteiger partial charge in [-0.2, -0.15) is 0 Å². The number of nitrogens with zero attached hydrogens (tertiary/aromatic N) is 1. The maximum absolute atomic E-state index is 12.4. The number of hydrogen-bond donors (Lipinski definition) is 3. The van der Waals surface area contributed by atoms with Gasteiger partial charge in [0.15, 0.2) is 0 Å². The van der Waals surface area contributed by atoms with E-state index in [-0.39, 0.29) is 24.4 Å². The maximum Gasteiger partial charge on any atom is 0.238 e. The molecule has 0 aliphatic heterocycles. The standard InChI is InChI=1S/C22H22N4O2/c1-16(27)25-18-10-12-19(13-11-18)26-21(28)15-24-22(17-7-3-2-4-8-17)20-9-5-6-14-23-20/h2-14,22,24H,15H2,1H3,(H,25,27)(H,26,28). The van der Waals surface area contributed by atoms with Crippen molar-refractivity contribution in [1.29, 1.82) is 0 Å². The molecule has 3 N–H and O–H groups in total. The molecule has 28 heavy (non-hydrogen) atoms. The van der Waals surface area contributed by atoms with Crippen LogP contribution in [0.2, 0.25) is 0 Å². The first-order chi connectivity index (χ1) is 13.6. The molecule has 3 aromatic rings. The van der Waals surface area contributed by atoms with Crippen LogP contribution in [0.5, 0.6) is 0 Å². The summed E-state index contributed by atoms with van der Waals surface area (Å²) in [6.45, 7) is 1.58. The van der Waals surface area contributed by atoms with E-state index in [9.17, 15) is 9.59 Å². The van der Waals surface area contributed by atoms with Crippen LogP contribution in [0.4, 0.5) is 11.4 Å². The van der Waals surface area contributed by atoms with E-state index in [1.807, 2.05) is 48.5 Å². The zero-order valence-electron chi connectivity index (χ0n) is 15.6. The Bertz CT molecular complexity index is 873. The van der Waals surface area contributed by atoms with E-state index in [0.717, 1.165) is 11.3 Å². The highest BCUT2D eigenvalue weighted by Crippen LogP contribution is 2.20. The maximum atomic E-state index is 12.4. The minimum absolute atomic E-state index is 0.129. The van der Waals surface area contributed by atoms with Gasteiger partial charge < -0.3 is 10.6 Å². The molecule has 0 radical (unpaired) electrons. The van der Waals surface area contributed by atoms with E-state index < -0.39 is 0 Å². The van der Waals surface area contributed by atoms with Crippen molar-refractivity contribution in [3.8, 4) is 0 Å². The summed E-state index contributed by atoms with van der Waals surface area (Å²) < 4.78 is 0. The quantitative estimate of drug-likeness (QED) is 0.592. The minimum atomic E-state index is -0.185. The van der Waals surface area contributed by atoms with Crippen LogP contribution >= 0.6 is 0 Å². The van der Waals surface area contributed by atoms with Crippen LogP contribution in [0.1, 0.15) is 24.2 Å². The molecule has 1 unspecified atom stereocenters. The predicted molar refractivity (Wildman–Crippen MR) is 110 cm³/mol. The fourth-order valence-electron chi connectivity index (χ4n) is 2.83. The Kier molecular flexibility index (Phi) is 6.49. The van der Waals surface area contributed by atoms with Crippen LogP contribution in [0, 0.1) is 0 Å². The third-order valence-corrected chi connectivity index (χ3v) is 4.07. The summed E-state index contributed by atoms with van der Waals surface area (Å²) >= 11 is 0. The van der Waals surface area contributed by atoms with Gasteiger partial charge in [0.25, 0.3) is 0 Å². The second kappa shape index (κ2) is 9.43. The lowest BCUT2D eigenvalue weighted by molar-refractivity contribution is -0.115. The van der Waals surface area contributed by atoms with Gasteiger partial charge in [-0.1, -0.05) is 36.4 Å². The van der Waals surface area contributed by atoms with Gasteiger partial charge in [-0.25, -0.2) is 0 Å². The largest absolute Gasteiger partial charge is 0.326 e. The zero-order valence-corrected chi connectivity index (χ0v) is 15.6. The van der Waals surface area contributed by atoms with Crippen molar-refractivity contribution >= 4 is 23.2 Å². The van der Waals surface area contributed by atoms with Crippen LogP contribution in [-0.4, -0.2) is 23.3 Å². The van der Waals surface area contributed by atoms with Crippen molar-refractivity contribution in [3.05, 3.63) is 90.3 Å². The lowest BCUT2D eigenvalue weighted by Crippen LogP contribution is -2.32. The summed E-state index contributed by atoms with van der Waals surface area (Å²) in [7, 11) is 0. The first-order valence-electron chi connectivity index (χ1n) is 8.98. The Balaban J connectivity index is 1.63. The van der Waals surface area contributed by atoms with Crippen molar-refractivity contribution in [3.63, 3.8) is 0 Å². The van der Waals surface area contributed by atoms with Crippen LogP contribution in [0.25, 0.3) is 0 Å². The van der Waals surface area contributed by atoms with Gasteiger partial charge in [-0.3, -0.25) is 19.9 Å². The number of carbonyl (C=O) groups excluding carboxylic acids is 2. The molecule has 1 heterocycles. The average molecular weight is 374 g/mol. The molecule has 0 saturated carbocycles. The number of hydrogen-bond acceptors (Lipinski definition) is 4. The van der Waals surface area contributed by atoms with E-state index in [4.69, 9.17) is 0 Å². The molecule has 0 aliphatic carbocycles. The molecular weight excluding hydrogens is 352 g/mol. The SMILES string of the molecule is CC(=O)Nc1ccc(NC(=O)CNC(c2ccccc2)c2ccccn2)cc1. The second-order valence-corrected chi connectivity index (χ2v) is 6.29. The highest BCUT2D eigenvalue weighted by atomic mass is 16.2. The monoisotopic (exact) mass is 374 g/mol. The lowest BCUT2D eigenvalue weighted by atomic mass is 10.0. The van der Waals surface area contributed by atoms with Crippen molar-refractivity contribution in [2.45, 2.75) is 13.0 Å². The third-order valence-electron chi connectivity index (χ3n) is 4.07. The van der Waals surface area contributed by atoms with E-state index >= 15 is 0 Å². The van der Waals surface area contributed by atoms with Crippen LogP contribution in [-0.2, 0) is 9.59 Å². The number of amides is 2. The molecule has 0 bridgehead atoms. The average Bonchev–Trinajstić information content (AvgIpc) is 2.71. The molecule has 6 nitrogen and oxygen atoms in total. The first-order valence-corrected chi connectivity index (χ1v) is 8.98. The van der Waals surface area contributed by atoms with Gasteiger partial charge in [-0.05, 0) is 42.0 Å². The van der Waals surface area contributed by atoms with Gasteiger partial charge in [0, 0.05) is 24.5 Å². The first kappa shape index (κ1) is 19.3. The Labute approximate surface area is 164 Å². The smallest absolute Gasteiger partial charge is 0.238 e. The number of rotatable bonds is 7. The Morgan fingerprint density at radius 1 is 0.857 bits per heavy atom. The molecule has 0 aliphatic rings. The molecule has 2 aromatic carbocycles. The van der Waals surface area contributed by atoms with E-state index in [1.54, 1.807) is 30.5 Å². The van der Waals surface area contributed by atoms with Crippen molar-refractivity contribution < 1.29 is 9.59 Å². The fraction of sp³-hybridized carbons (Fsp3) is 0.136. The molecule has 6 heteroatoms. The number of nitrogens with one attached hydrogen (secondary N) is 3. The Morgan fingerprint density at radius 3 is 2.11 bits per heavy atom. The van der Waals surface area contributed by atoms with Crippen molar-refractivity contribution in [2.24, 2.45) is 0 Å². The van der Waals surface area contributed by atoms with E-state index in [2.05, 4.69) is 20.9 Å². The zero-order chi connectivity index (χ0) is 19.8. The number of carbonyl (C=O) groups is 2. The molecule has 1 aromatic heterocycles. The minimum Gasteiger partial charge on any atom is -0.326 e. The molecule has 0 spiro atoms. The normalized spacial score (nSPS) is 11.5. The molecule has 142 valence electrons. The highest BCUT2D eigenvalue weighted by molar-refractivity contribution is 5.93. The molecule has 0 fully saturated rings. The van der Waals surface area contributed by atoms with Crippen LogP contribution < -0.4 is 16.0 Å². The summed E-state index contributed by atoms with van der Waals surface area (Å²) in [6, 6.07) is 22.4. The summed E-state index contributed by atoms with van der Waals surface area (Å²) in [5, 5.41) is 8.82. The lowest BCUT2D eigenvalue weighted by Gasteiger charge is -2.18. The summed E-state index contributed by atoms with van der Waals surface area (Å²) in [5.74, 6) is -0.299. The van der Waals surface area contributed by atoms with E-state index in [0.29, 0.717) is 11.4 Å². The van der Waals surface area contributed by atoms with Gasteiger partial charge in [0.1, 0.15) is 0 Å². The Hall–Kier alpha value is -3.51. The van der Waals surface area contributed by atoms with Crippen molar-refractivity contribution in [1.82, 2.24) is 10.3 Å². The van der Waals surface area contributed by atoms with Crippen molar-refractivity contribution in [2.75, 3.05) is 17.2 Å². The Morgan fingerprint density at radius 2 is 1.50 bits per heavy atom. The topological polar surface area (TPSA) is 83.1 Å². The van der Waals surface area contributed by atoms with Gasteiger partial charge in [0.2, 0.25) is 11.8 Å². The van der Waals surface area contributed by atoms with Crippen LogP contribution in [0.15, 0.2) is 79.0 Å². The number of benzene rings is 2. The summed E-state index contributed by atoms with van der Waals surface area (Å²) in [5.41, 5.74) is 3.23. The van der Waals surface area contributed by atoms with E-state index in [1.165, 1.54) is 6.92 Å². The third kappa shape index (κ3) is 5.49. The van der Waals surface area contributed by atoms with Gasteiger partial charge in [-0.15, -0.1) is 0 Å². The molecule has 1 atom stereocenters. The molecule has 3 rings (SSSR count). The van der Waals surface area contributed by atoms with Gasteiger partial charge >= 0.3 is 0 Å². The number of anilines is 2. The van der Waals surface area contributed by atoms with Gasteiger partial charge in [0.05, 0.1) is 18.3 Å². The highest BCUT2D eigenvalue weighted by Gasteiger charge is 2.16. The summed E-state index contributed by atoms with van der Waals surface area (Å²) in [6.07, 6.45) is 1.74. The molecule has 0 saturated heterocycles. The number of pyridine rings is 1. The molecular formula is C22H22N4O2. The number of aromatic nitrogens is 1. The fourth-order valence-corrected chi connectivity index (χ4v) is 2.83. The second-order valence-electron chi connectivity index (χ2n) is 6.29. The predicted octanol–water partition coefficient (Wildman–Crippen LogP) is 3.36. The molecule has 2 amide bonds. The summed E-state index contributed by atoms with van der Waals surface area (Å²) in [4.78, 5) is 27.9.